The van der Waals surface area contributed by atoms with Crippen molar-refractivity contribution < 1.29 is 42.5 Å². The second kappa shape index (κ2) is 17.0. The number of rotatable bonds is 15. The van der Waals surface area contributed by atoms with E-state index in [1.807, 2.05) is 0 Å². The highest BCUT2D eigenvalue weighted by molar-refractivity contribution is 6.04. The summed E-state index contributed by atoms with van der Waals surface area (Å²) in [5, 5.41) is 15.0. The average Bonchev–Trinajstić information content (AvgIpc) is 3.33. The number of piperazine rings is 1. The Labute approximate surface area is 268 Å². The Balaban J connectivity index is 1.46. The van der Waals surface area contributed by atoms with Crippen LogP contribution in [0.25, 0.3) is 10.9 Å². The molecule has 3 N–H and O–H groups in total. The molecule has 4 rings (SSSR count). The van der Waals surface area contributed by atoms with E-state index in [2.05, 4.69) is 10.6 Å². The molecule has 0 spiro atoms. The minimum Gasteiger partial charge on any atom is -0.488 e. The quantitative estimate of drug-likeness (QED) is 0.249. The standard InChI is InChI=1S/C32H47F2N5O7/c1-21(35-2)30(41)36-27(22-7-5-4-6-8-22)31(42)38-9-11-39(12-10-38)32(43)28-29(46-18-17-45-16-15-44-14-13-40)23-19-24(33)25(34)20-26(23)37(28)3/h19-22,27,35,40H,4-18H2,1-3H3,(H,36,41)/t21-,27-/m1/s1. The van der Waals surface area contributed by atoms with Gasteiger partial charge in [-0.15, -0.1) is 0 Å². The number of carbonyl (C=O) groups excluding carboxylic acids is 3. The number of aryl methyl sites for hydroxylation is 1. The third-order valence-corrected chi connectivity index (χ3v) is 8.87. The van der Waals surface area contributed by atoms with Crippen LogP contribution in [0.5, 0.6) is 5.75 Å². The number of nitrogens with one attached hydrogen (secondary N) is 2. The largest absolute Gasteiger partial charge is 0.488 e. The lowest BCUT2D eigenvalue weighted by atomic mass is 9.83. The fraction of sp³-hybridized carbons (Fsp3) is 0.656. The number of likely N-dealkylation sites (N-methyl/N-ethyl adjacent to an activating group) is 1. The molecule has 46 heavy (non-hydrogen) atoms. The van der Waals surface area contributed by atoms with Crippen molar-refractivity contribution in [2.45, 2.75) is 51.1 Å². The maximum atomic E-state index is 14.3. The first-order valence-electron chi connectivity index (χ1n) is 16.1. The van der Waals surface area contributed by atoms with Gasteiger partial charge in [-0.3, -0.25) is 14.4 Å². The molecule has 1 aliphatic carbocycles. The SMILES string of the molecule is CN[C@H](C)C(=O)N[C@@H](C(=O)N1CCN(C(=O)c2c(OCCOCCOCCO)c3cc(F)c(F)cc3n2C)CC1)C1CCCCC1. The number of aromatic nitrogens is 1. The van der Waals surface area contributed by atoms with E-state index in [9.17, 15) is 23.2 Å². The predicted octanol–water partition coefficient (Wildman–Crippen LogP) is 1.82. The van der Waals surface area contributed by atoms with Crippen molar-refractivity contribution in [2.24, 2.45) is 13.0 Å². The molecule has 2 heterocycles. The lowest BCUT2D eigenvalue weighted by Crippen LogP contribution is -2.59. The molecule has 1 aliphatic heterocycles. The lowest BCUT2D eigenvalue weighted by molar-refractivity contribution is -0.140. The number of halogens is 2. The number of aliphatic hydroxyl groups excluding tert-OH is 1. The molecule has 1 saturated carbocycles. The van der Waals surface area contributed by atoms with Gasteiger partial charge in [-0.25, -0.2) is 8.78 Å². The number of nitrogens with zero attached hydrogens (tertiary/aromatic N) is 3. The maximum absolute atomic E-state index is 14.3. The second-order valence-electron chi connectivity index (χ2n) is 11.8. The van der Waals surface area contributed by atoms with Crippen LogP contribution in [0.4, 0.5) is 8.78 Å². The monoisotopic (exact) mass is 651 g/mol. The van der Waals surface area contributed by atoms with Crippen LogP contribution in [0.3, 0.4) is 0 Å². The van der Waals surface area contributed by atoms with Crippen LogP contribution in [0.2, 0.25) is 0 Å². The molecule has 2 aromatic rings. The first kappa shape index (κ1) is 35.5. The van der Waals surface area contributed by atoms with Crippen molar-refractivity contribution in [3.63, 3.8) is 0 Å². The van der Waals surface area contributed by atoms with Crippen LogP contribution in [0.1, 0.15) is 49.5 Å². The summed E-state index contributed by atoms with van der Waals surface area (Å²) in [6.07, 6.45) is 4.89. The van der Waals surface area contributed by atoms with E-state index in [1.54, 1.807) is 30.8 Å². The molecule has 0 radical (unpaired) electrons. The van der Waals surface area contributed by atoms with Crippen molar-refractivity contribution in [2.75, 3.05) is 72.9 Å². The van der Waals surface area contributed by atoms with Gasteiger partial charge in [0.25, 0.3) is 5.91 Å². The van der Waals surface area contributed by atoms with Gasteiger partial charge in [-0.05, 0) is 38.8 Å². The van der Waals surface area contributed by atoms with Crippen molar-refractivity contribution in [3.05, 3.63) is 29.5 Å². The summed E-state index contributed by atoms with van der Waals surface area (Å²) in [4.78, 5) is 43.8. The van der Waals surface area contributed by atoms with Crippen LogP contribution in [0, 0.1) is 17.6 Å². The third kappa shape index (κ3) is 8.52. The zero-order valence-electron chi connectivity index (χ0n) is 27.0. The number of fused-ring (bicyclic) bond motifs is 1. The molecular weight excluding hydrogens is 604 g/mol. The van der Waals surface area contributed by atoms with Crippen LogP contribution in [-0.2, 0) is 26.1 Å². The van der Waals surface area contributed by atoms with E-state index < -0.39 is 23.7 Å². The van der Waals surface area contributed by atoms with Gasteiger partial charge in [-0.1, -0.05) is 19.3 Å². The van der Waals surface area contributed by atoms with Crippen molar-refractivity contribution in [1.82, 2.24) is 25.0 Å². The first-order chi connectivity index (χ1) is 22.2. The minimum absolute atomic E-state index is 0.0428. The third-order valence-electron chi connectivity index (χ3n) is 8.87. The fourth-order valence-corrected chi connectivity index (χ4v) is 6.11. The molecule has 0 unspecified atom stereocenters. The molecule has 2 fully saturated rings. The number of aliphatic hydroxyl groups is 1. The molecule has 14 heteroatoms. The fourth-order valence-electron chi connectivity index (χ4n) is 6.11. The molecule has 2 atom stereocenters. The Hall–Kier alpha value is -3.33. The van der Waals surface area contributed by atoms with E-state index in [0.717, 1.165) is 44.2 Å². The summed E-state index contributed by atoms with van der Waals surface area (Å²) >= 11 is 0. The van der Waals surface area contributed by atoms with E-state index in [1.165, 1.54) is 4.57 Å². The summed E-state index contributed by atoms with van der Waals surface area (Å²) in [6.45, 7) is 3.67. The van der Waals surface area contributed by atoms with E-state index >= 15 is 0 Å². The molecule has 3 amide bonds. The van der Waals surface area contributed by atoms with Crippen molar-refractivity contribution in [3.8, 4) is 5.75 Å². The number of carbonyl (C=O) groups is 3. The Morgan fingerprint density at radius 1 is 0.935 bits per heavy atom. The molecular formula is C32H47F2N5O7. The molecule has 1 saturated heterocycles. The van der Waals surface area contributed by atoms with Gasteiger partial charge >= 0.3 is 0 Å². The van der Waals surface area contributed by atoms with Gasteiger partial charge in [0.15, 0.2) is 23.1 Å². The van der Waals surface area contributed by atoms with Crippen LogP contribution in [0.15, 0.2) is 12.1 Å². The first-order valence-corrected chi connectivity index (χ1v) is 16.1. The normalized spacial score (nSPS) is 17.3. The van der Waals surface area contributed by atoms with E-state index in [0.29, 0.717) is 12.1 Å². The Bertz CT molecular complexity index is 1340. The molecule has 12 nitrogen and oxygen atoms in total. The van der Waals surface area contributed by atoms with Gasteiger partial charge in [0, 0.05) is 44.7 Å². The van der Waals surface area contributed by atoms with Gasteiger partial charge in [0.05, 0.1) is 44.6 Å². The lowest BCUT2D eigenvalue weighted by Gasteiger charge is -2.39. The zero-order chi connectivity index (χ0) is 33.2. The molecule has 1 aromatic carbocycles. The van der Waals surface area contributed by atoms with Crippen LogP contribution < -0.4 is 15.4 Å². The Morgan fingerprint density at radius 3 is 2.20 bits per heavy atom. The summed E-state index contributed by atoms with van der Waals surface area (Å²) in [6, 6.07) is 0.988. The van der Waals surface area contributed by atoms with E-state index in [4.69, 9.17) is 19.3 Å². The van der Waals surface area contributed by atoms with Gasteiger partial charge in [0.1, 0.15) is 12.6 Å². The van der Waals surface area contributed by atoms with Gasteiger partial charge < -0.3 is 44.3 Å². The minimum atomic E-state index is -1.06. The second-order valence-corrected chi connectivity index (χ2v) is 11.8. The average molecular weight is 652 g/mol. The smallest absolute Gasteiger partial charge is 0.274 e. The summed E-state index contributed by atoms with van der Waals surface area (Å²) in [7, 11) is 3.29. The van der Waals surface area contributed by atoms with E-state index in [-0.39, 0.29) is 99.7 Å². The van der Waals surface area contributed by atoms with Gasteiger partial charge in [0.2, 0.25) is 11.8 Å². The van der Waals surface area contributed by atoms with Crippen LogP contribution in [-0.4, -0.2) is 122 Å². The summed E-state index contributed by atoms with van der Waals surface area (Å²) < 4.78 is 46.6. The number of hydrogen-bond donors (Lipinski definition) is 3. The Morgan fingerprint density at radius 2 is 1.54 bits per heavy atom. The number of amides is 3. The number of benzene rings is 1. The maximum Gasteiger partial charge on any atom is 0.274 e. The van der Waals surface area contributed by atoms with Crippen LogP contribution >= 0.6 is 0 Å². The predicted molar refractivity (Wildman–Crippen MR) is 167 cm³/mol. The van der Waals surface area contributed by atoms with Crippen molar-refractivity contribution >= 4 is 28.6 Å². The molecule has 1 aromatic heterocycles. The number of ether oxygens (including phenoxy) is 3. The zero-order valence-corrected chi connectivity index (χ0v) is 27.0. The highest BCUT2D eigenvalue weighted by Gasteiger charge is 2.37. The highest BCUT2D eigenvalue weighted by Crippen LogP contribution is 2.35. The Kier molecular flexibility index (Phi) is 13.1. The number of hydrogen-bond acceptors (Lipinski definition) is 8. The summed E-state index contributed by atoms with van der Waals surface area (Å²) in [5.74, 6) is -2.68. The summed E-state index contributed by atoms with van der Waals surface area (Å²) in [5.41, 5.74) is 0.436. The van der Waals surface area contributed by atoms with Crippen molar-refractivity contribution in [1.29, 1.82) is 0 Å². The highest BCUT2D eigenvalue weighted by atomic mass is 19.2. The van der Waals surface area contributed by atoms with Gasteiger partial charge in [-0.2, -0.15) is 0 Å². The molecule has 2 aliphatic rings. The molecule has 256 valence electrons. The topological polar surface area (TPSA) is 135 Å². The molecule has 0 bridgehead atoms.